The second-order valence-electron chi connectivity index (χ2n) is 4.41. The minimum atomic E-state index is 0.0250. The number of hydrogen-bond acceptors (Lipinski definition) is 5. The fourth-order valence-corrected chi connectivity index (χ4v) is 3.23. The van der Waals surface area contributed by atoms with Gasteiger partial charge in [-0.05, 0) is 19.3 Å². The van der Waals surface area contributed by atoms with Gasteiger partial charge in [-0.1, -0.05) is 0 Å². The van der Waals surface area contributed by atoms with Crippen LogP contribution in [0.3, 0.4) is 0 Å². The molecule has 3 rings (SSSR count). The van der Waals surface area contributed by atoms with Gasteiger partial charge in [0.2, 0.25) is 0 Å². The number of thiophene rings is 1. The molecule has 2 aromatic heterocycles. The Hall–Kier alpha value is -1.69. The summed E-state index contributed by atoms with van der Waals surface area (Å²) in [5, 5.41) is 0. The standard InChI is InChI=1S/C12H14N4OS/c13-8-9-11(15-5-4-14-9)18-10(8)12(17)16-6-2-1-3-7-16/h4-5H,1-3,6-7,13H2. The van der Waals surface area contributed by atoms with E-state index in [0.717, 1.165) is 30.8 Å². The lowest BCUT2D eigenvalue weighted by atomic mass is 10.1. The number of carbonyl (C=O) groups excluding carboxylic acids is 1. The number of aromatic nitrogens is 2. The van der Waals surface area contributed by atoms with Crippen LogP contribution in [-0.4, -0.2) is 33.9 Å². The third kappa shape index (κ3) is 1.82. The van der Waals surface area contributed by atoms with E-state index >= 15 is 0 Å². The number of fused-ring (bicyclic) bond motifs is 1. The quantitative estimate of drug-likeness (QED) is 0.852. The highest BCUT2D eigenvalue weighted by molar-refractivity contribution is 7.21. The van der Waals surface area contributed by atoms with Gasteiger partial charge < -0.3 is 10.6 Å². The Bertz CT molecular complexity index is 589. The van der Waals surface area contributed by atoms with Crippen LogP contribution in [0.5, 0.6) is 0 Å². The van der Waals surface area contributed by atoms with Gasteiger partial charge in [-0.2, -0.15) is 0 Å². The zero-order valence-electron chi connectivity index (χ0n) is 9.93. The minimum Gasteiger partial charge on any atom is -0.396 e. The zero-order valence-corrected chi connectivity index (χ0v) is 10.7. The maximum absolute atomic E-state index is 12.4. The topological polar surface area (TPSA) is 72.1 Å². The van der Waals surface area contributed by atoms with E-state index in [-0.39, 0.29) is 5.91 Å². The molecule has 0 aliphatic carbocycles. The summed E-state index contributed by atoms with van der Waals surface area (Å²) < 4.78 is 0. The Kier molecular flexibility index (Phi) is 2.87. The van der Waals surface area contributed by atoms with Crippen LogP contribution >= 0.6 is 11.3 Å². The monoisotopic (exact) mass is 262 g/mol. The number of carbonyl (C=O) groups is 1. The van der Waals surface area contributed by atoms with Crippen LogP contribution in [0.1, 0.15) is 28.9 Å². The van der Waals surface area contributed by atoms with Crippen molar-refractivity contribution < 1.29 is 4.79 Å². The molecule has 0 aromatic carbocycles. The van der Waals surface area contributed by atoms with Gasteiger partial charge in [0.25, 0.3) is 5.91 Å². The van der Waals surface area contributed by atoms with E-state index in [1.165, 1.54) is 17.8 Å². The molecule has 3 heterocycles. The summed E-state index contributed by atoms with van der Waals surface area (Å²) in [7, 11) is 0. The Labute approximate surface area is 109 Å². The van der Waals surface area contributed by atoms with Gasteiger partial charge in [0.1, 0.15) is 15.2 Å². The highest BCUT2D eigenvalue weighted by Crippen LogP contribution is 2.31. The van der Waals surface area contributed by atoms with Gasteiger partial charge >= 0.3 is 0 Å². The normalized spacial score (nSPS) is 16.1. The summed E-state index contributed by atoms with van der Waals surface area (Å²) in [6.45, 7) is 1.65. The van der Waals surface area contributed by atoms with Gasteiger partial charge in [-0.25, -0.2) is 9.97 Å². The van der Waals surface area contributed by atoms with Crippen molar-refractivity contribution in [2.75, 3.05) is 18.8 Å². The van der Waals surface area contributed by atoms with Crippen LogP contribution in [0.4, 0.5) is 5.69 Å². The lowest BCUT2D eigenvalue weighted by Gasteiger charge is -2.26. The molecule has 0 saturated carbocycles. The maximum Gasteiger partial charge on any atom is 0.266 e. The minimum absolute atomic E-state index is 0.0250. The van der Waals surface area contributed by atoms with Crippen molar-refractivity contribution in [1.29, 1.82) is 0 Å². The lowest BCUT2D eigenvalue weighted by molar-refractivity contribution is 0.0730. The van der Waals surface area contributed by atoms with Gasteiger partial charge in [-0.15, -0.1) is 11.3 Å². The zero-order chi connectivity index (χ0) is 12.5. The molecule has 1 amide bonds. The molecule has 94 valence electrons. The van der Waals surface area contributed by atoms with Crippen molar-refractivity contribution in [2.24, 2.45) is 0 Å². The van der Waals surface area contributed by atoms with Crippen LogP contribution in [0.2, 0.25) is 0 Å². The highest BCUT2D eigenvalue weighted by Gasteiger charge is 2.24. The van der Waals surface area contributed by atoms with Crippen molar-refractivity contribution in [3.63, 3.8) is 0 Å². The third-order valence-electron chi connectivity index (χ3n) is 3.20. The van der Waals surface area contributed by atoms with Crippen molar-refractivity contribution >= 4 is 33.3 Å². The largest absolute Gasteiger partial charge is 0.396 e. The fraction of sp³-hybridized carbons (Fsp3) is 0.417. The molecule has 1 aliphatic heterocycles. The molecule has 6 heteroatoms. The predicted molar refractivity (Wildman–Crippen MR) is 71.6 cm³/mol. The number of amides is 1. The summed E-state index contributed by atoms with van der Waals surface area (Å²) >= 11 is 1.34. The Morgan fingerprint density at radius 1 is 1.22 bits per heavy atom. The summed E-state index contributed by atoms with van der Waals surface area (Å²) in [5.41, 5.74) is 7.12. The summed E-state index contributed by atoms with van der Waals surface area (Å²) in [4.78, 5) is 24.0. The van der Waals surface area contributed by atoms with Crippen LogP contribution in [0, 0.1) is 0 Å². The van der Waals surface area contributed by atoms with E-state index in [1.807, 2.05) is 4.90 Å². The molecule has 2 aromatic rings. The first-order valence-corrected chi connectivity index (χ1v) is 6.87. The molecule has 1 aliphatic rings. The molecule has 0 spiro atoms. The first-order valence-electron chi connectivity index (χ1n) is 6.05. The first-order chi connectivity index (χ1) is 8.77. The second kappa shape index (κ2) is 4.53. The second-order valence-corrected chi connectivity index (χ2v) is 5.41. The SMILES string of the molecule is Nc1c(C(=O)N2CCCCC2)sc2nccnc12. The lowest BCUT2D eigenvalue weighted by Crippen LogP contribution is -2.35. The Balaban J connectivity index is 1.98. The van der Waals surface area contributed by atoms with E-state index in [0.29, 0.717) is 16.1 Å². The molecule has 0 unspecified atom stereocenters. The molecular formula is C12H14N4OS. The molecule has 1 saturated heterocycles. The van der Waals surface area contributed by atoms with Crippen LogP contribution in [0.15, 0.2) is 12.4 Å². The van der Waals surface area contributed by atoms with Crippen molar-refractivity contribution in [1.82, 2.24) is 14.9 Å². The van der Waals surface area contributed by atoms with Gasteiger partial charge in [0.15, 0.2) is 0 Å². The van der Waals surface area contributed by atoms with Crippen LogP contribution in [-0.2, 0) is 0 Å². The number of rotatable bonds is 1. The highest BCUT2D eigenvalue weighted by atomic mass is 32.1. The van der Waals surface area contributed by atoms with Gasteiger partial charge in [0.05, 0.1) is 5.69 Å². The number of hydrogen-bond donors (Lipinski definition) is 1. The predicted octanol–water partition coefficient (Wildman–Crippen LogP) is 1.90. The average Bonchev–Trinajstić information content (AvgIpc) is 2.77. The van der Waals surface area contributed by atoms with Crippen molar-refractivity contribution in [2.45, 2.75) is 19.3 Å². The Morgan fingerprint density at radius 3 is 2.67 bits per heavy atom. The molecule has 0 atom stereocenters. The smallest absolute Gasteiger partial charge is 0.266 e. The number of nitrogen functional groups attached to an aromatic ring is 1. The van der Waals surface area contributed by atoms with Crippen molar-refractivity contribution in [3.8, 4) is 0 Å². The van der Waals surface area contributed by atoms with E-state index in [9.17, 15) is 4.79 Å². The molecule has 5 nitrogen and oxygen atoms in total. The number of nitrogens with zero attached hydrogens (tertiary/aromatic N) is 3. The van der Waals surface area contributed by atoms with E-state index in [1.54, 1.807) is 12.4 Å². The van der Waals surface area contributed by atoms with E-state index < -0.39 is 0 Å². The summed E-state index contributed by atoms with van der Waals surface area (Å²) in [5.74, 6) is 0.0250. The fourth-order valence-electron chi connectivity index (χ4n) is 2.24. The van der Waals surface area contributed by atoms with E-state index in [4.69, 9.17) is 5.73 Å². The molecule has 18 heavy (non-hydrogen) atoms. The molecule has 0 radical (unpaired) electrons. The molecule has 0 bridgehead atoms. The van der Waals surface area contributed by atoms with Crippen LogP contribution < -0.4 is 5.73 Å². The van der Waals surface area contributed by atoms with Crippen molar-refractivity contribution in [3.05, 3.63) is 17.3 Å². The number of nitrogens with two attached hydrogens (primary N) is 1. The van der Waals surface area contributed by atoms with Crippen LogP contribution in [0.25, 0.3) is 10.3 Å². The van der Waals surface area contributed by atoms with Gasteiger partial charge in [0, 0.05) is 25.5 Å². The summed E-state index contributed by atoms with van der Waals surface area (Å²) in [6, 6.07) is 0. The molecule has 1 fully saturated rings. The first kappa shape index (κ1) is 11.4. The maximum atomic E-state index is 12.4. The molecule has 2 N–H and O–H groups in total. The summed E-state index contributed by atoms with van der Waals surface area (Å²) in [6.07, 6.45) is 6.57. The number of likely N-dealkylation sites (tertiary alicyclic amines) is 1. The Morgan fingerprint density at radius 2 is 1.94 bits per heavy atom. The van der Waals surface area contributed by atoms with E-state index in [2.05, 4.69) is 9.97 Å². The number of piperidine rings is 1. The third-order valence-corrected chi connectivity index (χ3v) is 4.29. The molecular weight excluding hydrogens is 248 g/mol. The number of anilines is 1. The van der Waals surface area contributed by atoms with Gasteiger partial charge in [-0.3, -0.25) is 4.79 Å². The average molecular weight is 262 g/mol.